The first-order valence-electron chi connectivity index (χ1n) is 11.0. The standard InChI is InChI=1S/C13H16N2.C11H19N5S/c1-9-4-10(2)6-12(5-9)11(3)13-7-14-8-15-13;1-11(2,3)16-9-13-8(12-7-5-6-7)14-10(15-9)17-4/h4-8,11H,1-3H3,(H,14,15);7H,5-6H2,1-4H3,(H2,12,13,14,15,16). The number of rotatable bonds is 6. The zero-order valence-corrected chi connectivity index (χ0v) is 21.0. The molecule has 3 aromatic rings. The van der Waals surface area contributed by atoms with E-state index in [1.165, 1.54) is 47.0 Å². The number of aromatic amines is 1. The molecule has 1 fully saturated rings. The van der Waals surface area contributed by atoms with Crippen molar-refractivity contribution in [3.05, 3.63) is 53.1 Å². The Morgan fingerprint density at radius 3 is 2.22 bits per heavy atom. The van der Waals surface area contributed by atoms with Gasteiger partial charge in [0.05, 0.1) is 6.33 Å². The number of anilines is 2. The van der Waals surface area contributed by atoms with E-state index in [1.54, 1.807) is 6.33 Å². The predicted octanol–water partition coefficient (Wildman–Crippen LogP) is 5.56. The highest BCUT2D eigenvalue weighted by atomic mass is 32.2. The Labute approximate surface area is 195 Å². The van der Waals surface area contributed by atoms with Crippen LogP contribution in [0.5, 0.6) is 0 Å². The topological polar surface area (TPSA) is 91.4 Å². The van der Waals surface area contributed by atoms with Crippen LogP contribution in [0.2, 0.25) is 0 Å². The Bertz CT molecular complexity index is 987. The molecule has 0 aliphatic heterocycles. The first kappa shape index (κ1) is 24.0. The molecule has 0 radical (unpaired) electrons. The molecule has 0 bridgehead atoms. The van der Waals surface area contributed by atoms with Gasteiger partial charge in [-0.15, -0.1) is 0 Å². The van der Waals surface area contributed by atoms with E-state index >= 15 is 0 Å². The van der Waals surface area contributed by atoms with Gasteiger partial charge in [0.2, 0.25) is 11.9 Å². The highest BCUT2D eigenvalue weighted by Gasteiger charge is 2.23. The molecule has 0 spiro atoms. The summed E-state index contributed by atoms with van der Waals surface area (Å²) in [5.74, 6) is 1.70. The smallest absolute Gasteiger partial charge is 0.228 e. The number of aryl methyl sites for hydroxylation is 2. The maximum Gasteiger partial charge on any atom is 0.228 e. The molecule has 32 heavy (non-hydrogen) atoms. The van der Waals surface area contributed by atoms with Crippen LogP contribution in [0.25, 0.3) is 0 Å². The predicted molar refractivity (Wildman–Crippen MR) is 134 cm³/mol. The third kappa shape index (κ3) is 7.51. The summed E-state index contributed by atoms with van der Waals surface area (Å²) in [6.07, 6.45) is 8.01. The molecular formula is C24H35N7S. The van der Waals surface area contributed by atoms with E-state index in [1.807, 2.05) is 12.5 Å². The fraction of sp³-hybridized carbons (Fsp3) is 0.500. The third-order valence-electron chi connectivity index (χ3n) is 4.92. The zero-order chi connectivity index (χ0) is 23.3. The van der Waals surface area contributed by atoms with Crippen LogP contribution >= 0.6 is 11.8 Å². The minimum Gasteiger partial charge on any atom is -0.351 e. The Balaban J connectivity index is 0.000000182. The molecule has 4 rings (SSSR count). The van der Waals surface area contributed by atoms with Gasteiger partial charge in [0.15, 0.2) is 5.16 Å². The number of benzene rings is 1. The first-order valence-corrected chi connectivity index (χ1v) is 12.3. The molecule has 2 aromatic heterocycles. The van der Waals surface area contributed by atoms with Crippen molar-refractivity contribution in [1.29, 1.82) is 0 Å². The Kier molecular flexibility index (Phi) is 7.77. The van der Waals surface area contributed by atoms with Crippen LogP contribution in [-0.2, 0) is 0 Å². The SMILES string of the molecule is CSc1nc(NC2CC2)nc(NC(C)(C)C)n1.Cc1cc(C)cc(C(C)c2cnc[nH]2)c1. The van der Waals surface area contributed by atoms with Crippen molar-refractivity contribution >= 4 is 23.7 Å². The van der Waals surface area contributed by atoms with Gasteiger partial charge in [0.25, 0.3) is 0 Å². The minimum absolute atomic E-state index is 0.0477. The summed E-state index contributed by atoms with van der Waals surface area (Å²) < 4.78 is 0. The van der Waals surface area contributed by atoms with Crippen molar-refractivity contribution in [2.24, 2.45) is 0 Å². The molecule has 1 aliphatic rings. The molecule has 1 aromatic carbocycles. The maximum absolute atomic E-state index is 4.39. The van der Waals surface area contributed by atoms with Gasteiger partial charge in [-0.25, -0.2) is 4.98 Å². The van der Waals surface area contributed by atoms with Gasteiger partial charge in [-0.05, 0) is 59.3 Å². The average molecular weight is 454 g/mol. The second kappa shape index (κ2) is 10.3. The summed E-state index contributed by atoms with van der Waals surface area (Å²) in [7, 11) is 0. The van der Waals surface area contributed by atoms with Gasteiger partial charge in [0.1, 0.15) is 0 Å². The normalized spacial score (nSPS) is 14.3. The van der Waals surface area contributed by atoms with Crippen LogP contribution in [0.4, 0.5) is 11.9 Å². The summed E-state index contributed by atoms with van der Waals surface area (Å²) in [4.78, 5) is 20.3. The van der Waals surface area contributed by atoms with E-state index in [-0.39, 0.29) is 5.54 Å². The van der Waals surface area contributed by atoms with Gasteiger partial charge >= 0.3 is 0 Å². The molecule has 1 atom stereocenters. The van der Waals surface area contributed by atoms with Crippen LogP contribution in [0.15, 0.2) is 35.9 Å². The summed E-state index contributed by atoms with van der Waals surface area (Å²) >= 11 is 1.53. The number of imidazole rings is 1. The van der Waals surface area contributed by atoms with Gasteiger partial charge < -0.3 is 15.6 Å². The van der Waals surface area contributed by atoms with Crippen molar-refractivity contribution < 1.29 is 0 Å². The molecule has 0 amide bonds. The van der Waals surface area contributed by atoms with E-state index in [9.17, 15) is 0 Å². The average Bonchev–Trinajstić information content (AvgIpc) is 3.34. The van der Waals surface area contributed by atoms with Gasteiger partial charge in [0, 0.05) is 29.4 Å². The molecule has 172 valence electrons. The van der Waals surface area contributed by atoms with Crippen molar-refractivity contribution in [2.75, 3.05) is 16.9 Å². The largest absolute Gasteiger partial charge is 0.351 e. The molecule has 1 saturated carbocycles. The fourth-order valence-electron chi connectivity index (χ4n) is 3.26. The van der Waals surface area contributed by atoms with E-state index < -0.39 is 0 Å². The van der Waals surface area contributed by atoms with Gasteiger partial charge in [-0.1, -0.05) is 48.0 Å². The quantitative estimate of drug-likeness (QED) is 0.421. The summed E-state index contributed by atoms with van der Waals surface area (Å²) in [6, 6.07) is 7.22. The lowest BCUT2D eigenvalue weighted by Crippen LogP contribution is -2.28. The summed E-state index contributed by atoms with van der Waals surface area (Å²) in [5.41, 5.74) is 5.10. The molecule has 3 N–H and O–H groups in total. The Morgan fingerprint density at radius 1 is 1.03 bits per heavy atom. The molecule has 8 heteroatoms. The van der Waals surface area contributed by atoms with E-state index in [0.717, 1.165) is 5.16 Å². The van der Waals surface area contributed by atoms with Crippen molar-refractivity contribution in [1.82, 2.24) is 24.9 Å². The van der Waals surface area contributed by atoms with Gasteiger partial charge in [-0.3, -0.25) is 0 Å². The van der Waals surface area contributed by atoms with Crippen LogP contribution < -0.4 is 10.6 Å². The van der Waals surface area contributed by atoms with E-state index in [2.05, 4.69) is 95.3 Å². The first-order chi connectivity index (χ1) is 15.1. The lowest BCUT2D eigenvalue weighted by Gasteiger charge is -2.20. The number of thioether (sulfide) groups is 1. The third-order valence-corrected chi connectivity index (χ3v) is 5.47. The molecule has 1 aliphatic carbocycles. The number of nitrogens with zero attached hydrogens (tertiary/aromatic N) is 4. The molecule has 1 unspecified atom stereocenters. The highest BCUT2D eigenvalue weighted by Crippen LogP contribution is 2.25. The second-order valence-electron chi connectivity index (χ2n) is 9.41. The molecule has 0 saturated heterocycles. The van der Waals surface area contributed by atoms with Crippen LogP contribution in [0.3, 0.4) is 0 Å². The van der Waals surface area contributed by atoms with E-state index in [4.69, 9.17) is 0 Å². The van der Waals surface area contributed by atoms with Crippen LogP contribution in [0.1, 0.15) is 68.8 Å². The second-order valence-corrected chi connectivity index (χ2v) is 10.2. The minimum atomic E-state index is -0.0477. The van der Waals surface area contributed by atoms with E-state index in [0.29, 0.717) is 23.9 Å². The fourth-order valence-corrected chi connectivity index (χ4v) is 3.61. The lowest BCUT2D eigenvalue weighted by molar-refractivity contribution is 0.622. The summed E-state index contributed by atoms with van der Waals surface area (Å²) in [6.45, 7) is 12.7. The van der Waals surface area contributed by atoms with Crippen LogP contribution in [0, 0.1) is 13.8 Å². The van der Waals surface area contributed by atoms with Crippen molar-refractivity contribution in [3.8, 4) is 0 Å². The molecule has 7 nitrogen and oxygen atoms in total. The summed E-state index contributed by atoms with van der Waals surface area (Å²) in [5, 5.41) is 7.32. The lowest BCUT2D eigenvalue weighted by atomic mass is 9.95. The maximum atomic E-state index is 4.39. The Morgan fingerprint density at radius 2 is 1.69 bits per heavy atom. The Hall–Kier alpha value is -2.61. The van der Waals surface area contributed by atoms with Crippen molar-refractivity contribution in [2.45, 2.75) is 77.0 Å². The number of H-pyrrole nitrogens is 1. The number of aromatic nitrogens is 5. The number of hydrogen-bond acceptors (Lipinski definition) is 7. The van der Waals surface area contributed by atoms with Crippen molar-refractivity contribution in [3.63, 3.8) is 0 Å². The number of hydrogen-bond donors (Lipinski definition) is 3. The molecule has 2 heterocycles. The van der Waals surface area contributed by atoms with Crippen LogP contribution in [-0.4, -0.2) is 42.8 Å². The highest BCUT2D eigenvalue weighted by molar-refractivity contribution is 7.98. The zero-order valence-electron chi connectivity index (χ0n) is 20.2. The molecular weight excluding hydrogens is 418 g/mol. The van der Waals surface area contributed by atoms with Gasteiger partial charge in [-0.2, -0.15) is 15.0 Å². The number of nitrogens with one attached hydrogen (secondary N) is 3. The monoisotopic (exact) mass is 453 g/mol.